The Morgan fingerprint density at radius 3 is 2.57 bits per heavy atom. The van der Waals surface area contributed by atoms with Gasteiger partial charge in [0.1, 0.15) is 0 Å². The monoisotopic (exact) mass is 470 g/mol. The van der Waals surface area contributed by atoms with Crippen molar-refractivity contribution in [1.29, 1.82) is 0 Å². The second kappa shape index (κ2) is 10.3. The smallest absolute Gasteiger partial charge is 0.255 e. The average Bonchev–Trinajstić information content (AvgIpc) is 3.24. The van der Waals surface area contributed by atoms with Crippen molar-refractivity contribution < 1.29 is 9.59 Å². The number of hydrogen-bond donors (Lipinski definition) is 0. The second-order valence-corrected chi connectivity index (χ2v) is 9.32. The number of benzene rings is 1. The number of anilines is 1. The van der Waals surface area contributed by atoms with Gasteiger partial charge in [-0.05, 0) is 48.6 Å². The second-order valence-electron chi connectivity index (χ2n) is 9.32. The highest BCUT2D eigenvalue weighted by molar-refractivity contribution is 5.94. The molecule has 2 atom stereocenters. The van der Waals surface area contributed by atoms with Gasteiger partial charge in [-0.25, -0.2) is 0 Å². The lowest BCUT2D eigenvalue weighted by Crippen LogP contribution is -2.45. The first-order chi connectivity index (χ1) is 17.1. The summed E-state index contributed by atoms with van der Waals surface area (Å²) < 4.78 is 0. The van der Waals surface area contributed by atoms with Crippen LogP contribution in [0.15, 0.2) is 67.3 Å². The van der Waals surface area contributed by atoms with Gasteiger partial charge in [0, 0.05) is 63.3 Å². The first kappa shape index (κ1) is 23.1. The van der Waals surface area contributed by atoms with Crippen LogP contribution in [0.1, 0.15) is 47.7 Å². The molecule has 1 saturated heterocycles. The quantitative estimate of drug-likeness (QED) is 0.584. The van der Waals surface area contributed by atoms with E-state index < -0.39 is 0 Å². The van der Waals surface area contributed by atoms with E-state index in [1.807, 2.05) is 46.3 Å². The van der Waals surface area contributed by atoms with E-state index in [1.54, 1.807) is 25.4 Å². The predicted octanol–water partition coefficient (Wildman–Crippen LogP) is 3.30. The molecule has 4 heterocycles. The third kappa shape index (κ3) is 5.07. The van der Waals surface area contributed by atoms with Crippen LogP contribution in [0.25, 0.3) is 0 Å². The zero-order valence-electron chi connectivity index (χ0n) is 20.0. The van der Waals surface area contributed by atoms with Gasteiger partial charge in [0.25, 0.3) is 5.91 Å². The van der Waals surface area contributed by atoms with Crippen molar-refractivity contribution in [1.82, 2.24) is 25.0 Å². The number of pyridine rings is 1. The number of fused-ring (bicyclic) bond motifs is 3. The van der Waals surface area contributed by atoms with Gasteiger partial charge >= 0.3 is 0 Å². The number of amides is 2. The fraction of sp³-hybridized carbons (Fsp3) is 0.370. The molecule has 35 heavy (non-hydrogen) atoms. The highest BCUT2D eigenvalue weighted by Gasteiger charge is 2.36. The number of para-hydroxylation sites is 1. The number of nitrogens with zero attached hydrogens (tertiary/aromatic N) is 6. The molecule has 1 aromatic carbocycles. The molecule has 0 N–H and O–H groups in total. The highest BCUT2D eigenvalue weighted by Crippen LogP contribution is 2.32. The summed E-state index contributed by atoms with van der Waals surface area (Å²) in [5.74, 6) is -0.0608. The van der Waals surface area contributed by atoms with Crippen molar-refractivity contribution in [2.75, 3.05) is 18.0 Å². The third-order valence-corrected chi connectivity index (χ3v) is 7.12. The average molecular weight is 471 g/mol. The fourth-order valence-electron chi connectivity index (χ4n) is 5.39. The van der Waals surface area contributed by atoms with Gasteiger partial charge in [0.2, 0.25) is 5.91 Å². The molecule has 0 saturated carbocycles. The van der Waals surface area contributed by atoms with E-state index in [0.717, 1.165) is 42.6 Å². The lowest BCUT2D eigenvalue weighted by atomic mass is 10.1. The molecule has 2 amide bonds. The summed E-state index contributed by atoms with van der Waals surface area (Å²) in [5.41, 5.74) is 3.52. The maximum atomic E-state index is 13.7. The number of rotatable bonds is 3. The molecule has 5 rings (SSSR count). The molecule has 3 aromatic rings. The van der Waals surface area contributed by atoms with Crippen LogP contribution in [-0.2, 0) is 17.9 Å². The fourth-order valence-corrected chi connectivity index (χ4v) is 5.39. The molecular formula is C27H30N6O2. The van der Waals surface area contributed by atoms with Crippen molar-refractivity contribution in [3.8, 4) is 0 Å². The summed E-state index contributed by atoms with van der Waals surface area (Å²) in [6, 6.07) is 14.2. The van der Waals surface area contributed by atoms with E-state index in [9.17, 15) is 9.59 Å². The maximum Gasteiger partial charge on any atom is 0.255 e. The van der Waals surface area contributed by atoms with Gasteiger partial charge in [-0.15, -0.1) is 0 Å². The van der Waals surface area contributed by atoms with Crippen LogP contribution in [0.3, 0.4) is 0 Å². The molecule has 2 aromatic heterocycles. The van der Waals surface area contributed by atoms with E-state index in [0.29, 0.717) is 31.2 Å². The van der Waals surface area contributed by atoms with Gasteiger partial charge in [-0.2, -0.15) is 10.2 Å². The molecule has 2 unspecified atom stereocenters. The Bertz CT molecular complexity index is 1170. The molecule has 0 radical (unpaired) electrons. The Kier molecular flexibility index (Phi) is 6.81. The van der Waals surface area contributed by atoms with Crippen LogP contribution >= 0.6 is 0 Å². The molecule has 2 aliphatic heterocycles. The summed E-state index contributed by atoms with van der Waals surface area (Å²) in [6.07, 6.45) is 9.69. The van der Waals surface area contributed by atoms with Crippen LogP contribution in [0.5, 0.6) is 0 Å². The zero-order chi connectivity index (χ0) is 24.2. The third-order valence-electron chi connectivity index (χ3n) is 7.12. The first-order valence-corrected chi connectivity index (χ1v) is 12.2. The molecule has 8 heteroatoms. The number of carbonyl (C=O) groups excluding carboxylic acids is 2. The minimum absolute atomic E-state index is 0.0151. The van der Waals surface area contributed by atoms with Crippen molar-refractivity contribution in [2.45, 2.75) is 51.4 Å². The lowest BCUT2D eigenvalue weighted by molar-refractivity contribution is -0.116. The highest BCUT2D eigenvalue weighted by atomic mass is 16.2. The minimum atomic E-state index is -0.0758. The molecule has 0 aliphatic carbocycles. The van der Waals surface area contributed by atoms with Crippen molar-refractivity contribution in [3.05, 3.63) is 83.9 Å². The van der Waals surface area contributed by atoms with Gasteiger partial charge in [0.15, 0.2) is 0 Å². The largest absolute Gasteiger partial charge is 0.333 e. The Morgan fingerprint density at radius 2 is 1.80 bits per heavy atom. The van der Waals surface area contributed by atoms with Crippen LogP contribution < -0.4 is 4.90 Å². The van der Waals surface area contributed by atoms with Gasteiger partial charge < -0.3 is 9.80 Å². The van der Waals surface area contributed by atoms with Crippen LogP contribution in [0, 0.1) is 0 Å². The van der Waals surface area contributed by atoms with E-state index in [2.05, 4.69) is 26.1 Å². The summed E-state index contributed by atoms with van der Waals surface area (Å²) in [5, 5.41) is 7.75. The zero-order valence-corrected chi connectivity index (χ0v) is 20.0. The first-order valence-electron chi connectivity index (χ1n) is 12.2. The van der Waals surface area contributed by atoms with E-state index in [-0.39, 0.29) is 17.9 Å². The molecular weight excluding hydrogens is 440 g/mol. The van der Waals surface area contributed by atoms with Crippen molar-refractivity contribution in [2.24, 2.45) is 0 Å². The Morgan fingerprint density at radius 1 is 0.943 bits per heavy atom. The summed E-state index contributed by atoms with van der Waals surface area (Å²) in [4.78, 5) is 37.0. The lowest BCUT2D eigenvalue weighted by Gasteiger charge is -2.33. The Labute approximate surface area is 205 Å². The topological polar surface area (TPSA) is 82.5 Å². The van der Waals surface area contributed by atoms with Crippen LogP contribution in [-0.4, -0.2) is 62.0 Å². The van der Waals surface area contributed by atoms with Gasteiger partial charge in [0.05, 0.1) is 18.0 Å². The standard InChI is InChI=1S/C27H30N6O2/c1-20(34)32-14-11-24-8-9-25(33(24)17-21-5-4-12-28-15-21)19-31(18-23-6-2-3-7-26(23)32)27(35)22-10-13-29-30-16-22/h2-7,10,12-13,15-16,24-25H,8-9,11,14,17-19H2,1H3. The van der Waals surface area contributed by atoms with Gasteiger partial charge in [-0.3, -0.25) is 19.5 Å². The molecule has 1 fully saturated rings. The van der Waals surface area contributed by atoms with E-state index in [4.69, 9.17) is 0 Å². The predicted molar refractivity (Wildman–Crippen MR) is 132 cm³/mol. The Balaban J connectivity index is 1.53. The summed E-state index contributed by atoms with van der Waals surface area (Å²) in [7, 11) is 0. The summed E-state index contributed by atoms with van der Waals surface area (Å²) >= 11 is 0. The molecule has 180 valence electrons. The minimum Gasteiger partial charge on any atom is -0.333 e. The van der Waals surface area contributed by atoms with E-state index in [1.165, 1.54) is 6.20 Å². The van der Waals surface area contributed by atoms with Crippen LogP contribution in [0.4, 0.5) is 5.69 Å². The molecule has 2 bridgehead atoms. The molecule has 8 nitrogen and oxygen atoms in total. The molecule has 0 spiro atoms. The number of aromatic nitrogens is 3. The van der Waals surface area contributed by atoms with Crippen molar-refractivity contribution >= 4 is 17.5 Å². The van der Waals surface area contributed by atoms with E-state index >= 15 is 0 Å². The SMILES string of the molecule is CC(=O)N1CCC2CCC(CN(C(=O)c3ccnnc3)Cc3ccccc31)N2Cc1cccnc1. The number of carbonyl (C=O) groups is 2. The van der Waals surface area contributed by atoms with Gasteiger partial charge in [-0.1, -0.05) is 24.3 Å². The van der Waals surface area contributed by atoms with Crippen LogP contribution in [0.2, 0.25) is 0 Å². The van der Waals surface area contributed by atoms with Crippen molar-refractivity contribution in [3.63, 3.8) is 0 Å². The Hall–Kier alpha value is -3.65. The normalized spacial score (nSPS) is 20.7. The maximum absolute atomic E-state index is 13.7. The molecule has 2 aliphatic rings. The number of hydrogen-bond acceptors (Lipinski definition) is 6. The summed E-state index contributed by atoms with van der Waals surface area (Å²) in [6.45, 7) is 4.06.